The van der Waals surface area contributed by atoms with Crippen molar-refractivity contribution in [3.8, 4) is 0 Å². The van der Waals surface area contributed by atoms with E-state index in [4.69, 9.17) is 4.74 Å². The number of fused-ring (bicyclic) bond motifs is 1. The van der Waals surface area contributed by atoms with Crippen molar-refractivity contribution in [1.29, 1.82) is 0 Å². The Kier molecular flexibility index (Phi) is 4.68. The molecule has 3 atom stereocenters. The molecule has 0 aromatic rings. The second-order valence-electron chi connectivity index (χ2n) is 5.75. The molecule has 0 aromatic heterocycles. The predicted octanol–water partition coefficient (Wildman–Crippen LogP) is -7.17. The molecule has 1 saturated heterocycles. The molecule has 1 saturated carbocycles. The van der Waals surface area contributed by atoms with Gasteiger partial charge in [-0.05, 0) is 20.8 Å². The van der Waals surface area contributed by atoms with Crippen LogP contribution in [-0.2, 0) is 4.74 Å². The van der Waals surface area contributed by atoms with Gasteiger partial charge in [0.1, 0.15) is 12.1 Å². The number of halogens is 2. The fourth-order valence-electron chi connectivity index (χ4n) is 2.24. The molecule has 1 unspecified atom stereocenters. The average molecular weight is 271 g/mol. The van der Waals surface area contributed by atoms with Crippen LogP contribution in [0.5, 0.6) is 0 Å². The van der Waals surface area contributed by atoms with Crippen molar-refractivity contribution in [3.63, 3.8) is 0 Å². The average Bonchev–Trinajstić information content (AvgIpc) is 2.47. The lowest BCUT2D eigenvalue weighted by atomic mass is 10.2. The number of piperidine rings is 1. The van der Waals surface area contributed by atoms with Gasteiger partial charge in [0.25, 0.3) is 0 Å². The highest BCUT2D eigenvalue weighted by Gasteiger charge is 2.67. The number of carbonyl (C=O) groups excluding carboxylic acids is 1. The smallest absolute Gasteiger partial charge is 0.515 e. The normalized spacial score (nSPS) is 35.5. The summed E-state index contributed by atoms with van der Waals surface area (Å²) >= 11 is 0. The number of rotatable bonds is 0. The van der Waals surface area contributed by atoms with Crippen LogP contribution in [0.4, 0.5) is 4.79 Å². The van der Waals surface area contributed by atoms with Gasteiger partial charge in [0, 0.05) is 6.42 Å². The lowest BCUT2D eigenvalue weighted by molar-refractivity contribution is -0.824. The van der Waals surface area contributed by atoms with E-state index >= 15 is 0 Å². The molecule has 4 nitrogen and oxygen atoms in total. The van der Waals surface area contributed by atoms with Crippen molar-refractivity contribution in [2.75, 3.05) is 13.1 Å². The van der Waals surface area contributed by atoms with Gasteiger partial charge >= 0.3 is 6.09 Å². The number of ether oxygens (including phenoxy) is 1. The number of hydrogen-bond donors (Lipinski definition) is 2. The SMILES string of the molecule is CC(C)(C)OC(=O)[NH+]1C[C@@H]2C[C@]2([NH3+])C1.[Cl-].[Cl-]. The van der Waals surface area contributed by atoms with Gasteiger partial charge in [-0.15, -0.1) is 0 Å². The van der Waals surface area contributed by atoms with Gasteiger partial charge in [0.05, 0.1) is 12.5 Å². The van der Waals surface area contributed by atoms with Crippen LogP contribution in [-0.4, -0.2) is 30.3 Å². The Balaban J connectivity index is 0.00000112. The van der Waals surface area contributed by atoms with Crippen molar-refractivity contribution in [3.05, 3.63) is 0 Å². The zero-order valence-electron chi connectivity index (χ0n) is 9.98. The quantitative estimate of drug-likeness (QED) is 0.460. The number of hydrogen-bond acceptors (Lipinski definition) is 2. The van der Waals surface area contributed by atoms with Crippen molar-refractivity contribution in [2.45, 2.75) is 38.3 Å². The summed E-state index contributed by atoms with van der Waals surface area (Å²) < 4.78 is 5.33. The first-order chi connectivity index (χ1) is 6.30. The van der Waals surface area contributed by atoms with E-state index in [1.54, 1.807) is 0 Å². The molecule has 2 fully saturated rings. The highest BCUT2D eigenvalue weighted by Crippen LogP contribution is 2.39. The molecule has 1 aliphatic heterocycles. The van der Waals surface area contributed by atoms with Crippen LogP contribution in [0.2, 0.25) is 0 Å². The Bertz CT molecular complexity index is 280. The van der Waals surface area contributed by atoms with Gasteiger partial charge < -0.3 is 35.3 Å². The van der Waals surface area contributed by atoms with Crippen LogP contribution in [0.3, 0.4) is 0 Å². The zero-order chi connectivity index (χ0) is 10.6. The molecule has 0 aromatic carbocycles. The van der Waals surface area contributed by atoms with Gasteiger partial charge in [-0.1, -0.05) is 0 Å². The minimum atomic E-state index is -0.370. The van der Waals surface area contributed by atoms with E-state index < -0.39 is 0 Å². The first kappa shape index (κ1) is 16.0. The summed E-state index contributed by atoms with van der Waals surface area (Å²) in [5, 5.41) is 0. The van der Waals surface area contributed by atoms with Gasteiger partial charge in [0.2, 0.25) is 0 Å². The number of nitrogens with one attached hydrogen (secondary N) is 1. The van der Waals surface area contributed by atoms with E-state index in [9.17, 15) is 4.79 Å². The molecule has 1 aliphatic carbocycles. The maximum atomic E-state index is 11.7. The third kappa shape index (κ3) is 3.23. The molecule has 2 rings (SSSR count). The van der Waals surface area contributed by atoms with E-state index in [1.807, 2.05) is 20.8 Å². The van der Waals surface area contributed by atoms with E-state index in [-0.39, 0.29) is 42.0 Å². The summed E-state index contributed by atoms with van der Waals surface area (Å²) in [6.07, 6.45) is 1.09. The Morgan fingerprint density at radius 2 is 2.00 bits per heavy atom. The largest absolute Gasteiger partial charge is 1.00 e. The zero-order valence-corrected chi connectivity index (χ0v) is 11.5. The van der Waals surface area contributed by atoms with Crippen LogP contribution in [0.15, 0.2) is 0 Å². The molecule has 6 heteroatoms. The molecule has 1 amide bonds. The molecule has 0 radical (unpaired) electrons. The fraction of sp³-hybridized carbons (Fsp3) is 0.900. The van der Waals surface area contributed by atoms with Crippen molar-refractivity contribution in [1.82, 2.24) is 0 Å². The summed E-state index contributed by atoms with van der Waals surface area (Å²) in [7, 11) is 0. The van der Waals surface area contributed by atoms with Crippen LogP contribution < -0.4 is 35.4 Å². The molecular formula is C10H20Cl2N2O2. The predicted molar refractivity (Wildman–Crippen MR) is 50.7 cm³/mol. The van der Waals surface area contributed by atoms with E-state index in [0.717, 1.165) is 18.0 Å². The van der Waals surface area contributed by atoms with Crippen molar-refractivity contribution >= 4 is 6.09 Å². The summed E-state index contributed by atoms with van der Waals surface area (Å²) in [5.41, 5.74) is 3.97. The number of carbonyl (C=O) groups is 1. The number of quaternary nitrogens is 2. The van der Waals surface area contributed by atoms with Crippen molar-refractivity contribution < 1.29 is 45.0 Å². The maximum Gasteiger partial charge on any atom is 0.515 e. The maximum absolute atomic E-state index is 11.7. The highest BCUT2D eigenvalue weighted by atomic mass is 35.5. The molecular weight excluding hydrogens is 251 g/mol. The summed E-state index contributed by atoms with van der Waals surface area (Å²) in [6, 6.07) is 0. The first-order valence-corrected chi connectivity index (χ1v) is 5.24. The van der Waals surface area contributed by atoms with Gasteiger partial charge in [0.15, 0.2) is 5.54 Å². The third-order valence-corrected chi connectivity index (χ3v) is 3.10. The second kappa shape index (κ2) is 4.69. The van der Waals surface area contributed by atoms with Crippen molar-refractivity contribution in [2.24, 2.45) is 5.92 Å². The molecule has 4 N–H and O–H groups in total. The van der Waals surface area contributed by atoms with Gasteiger partial charge in [-0.3, -0.25) is 0 Å². The molecule has 16 heavy (non-hydrogen) atoms. The molecule has 96 valence electrons. The lowest BCUT2D eigenvalue weighted by Crippen LogP contribution is -3.15. The van der Waals surface area contributed by atoms with E-state index in [0.29, 0.717) is 5.92 Å². The molecule has 0 bridgehead atoms. The highest BCUT2D eigenvalue weighted by molar-refractivity contribution is 5.58. The van der Waals surface area contributed by atoms with Gasteiger partial charge in [-0.25, -0.2) is 4.90 Å². The van der Waals surface area contributed by atoms with Crippen LogP contribution >= 0.6 is 0 Å². The Hall–Kier alpha value is -0.0300. The fourth-order valence-corrected chi connectivity index (χ4v) is 2.24. The Labute approximate surface area is 109 Å². The van der Waals surface area contributed by atoms with Crippen LogP contribution in [0.1, 0.15) is 27.2 Å². The van der Waals surface area contributed by atoms with Gasteiger partial charge in [-0.2, -0.15) is 4.79 Å². The Morgan fingerprint density at radius 1 is 1.44 bits per heavy atom. The number of likely N-dealkylation sites (tertiary alicyclic amines) is 1. The first-order valence-electron chi connectivity index (χ1n) is 5.24. The standard InChI is InChI=1S/C10H18N2O2.2ClH/c1-9(2,3)14-8(13)12-5-7-4-10(7,11)6-12;;/h7H,4-6,11H2,1-3H3;2*1H/t7-,10-;;/m0../s1. The summed E-state index contributed by atoms with van der Waals surface area (Å²) in [6.45, 7) is 7.48. The molecule has 2 aliphatic rings. The topological polar surface area (TPSA) is 58.4 Å². The molecule has 0 spiro atoms. The van der Waals surface area contributed by atoms with Crippen LogP contribution in [0.25, 0.3) is 0 Å². The Morgan fingerprint density at radius 3 is 2.38 bits per heavy atom. The van der Waals surface area contributed by atoms with E-state index in [2.05, 4.69) is 5.73 Å². The number of alkyl carbamates (subject to hydrolysis) is 2. The van der Waals surface area contributed by atoms with E-state index in [1.165, 1.54) is 6.42 Å². The second-order valence-corrected chi connectivity index (χ2v) is 5.75. The minimum absolute atomic E-state index is 0. The molecule has 1 heterocycles. The third-order valence-electron chi connectivity index (χ3n) is 3.10. The minimum Gasteiger partial charge on any atom is -1.00 e. The summed E-state index contributed by atoms with van der Waals surface area (Å²) in [5.74, 6) is 0.657. The van der Waals surface area contributed by atoms with Crippen LogP contribution in [0, 0.1) is 5.92 Å². The summed E-state index contributed by atoms with van der Waals surface area (Å²) in [4.78, 5) is 12.6. The number of amides is 1. The lowest BCUT2D eigenvalue weighted by Gasteiger charge is -2.21. The monoisotopic (exact) mass is 270 g/mol.